The first-order valence-electron chi connectivity index (χ1n) is 5.84. The predicted molar refractivity (Wildman–Crippen MR) is 80.0 cm³/mol. The number of amides is 1. The second-order valence-electron chi connectivity index (χ2n) is 4.04. The lowest BCUT2D eigenvalue weighted by atomic mass is 10.1. The number of aliphatic carboxylic acids is 1. The van der Waals surface area contributed by atoms with Crippen LogP contribution >= 0.6 is 23.4 Å². The van der Waals surface area contributed by atoms with Crippen LogP contribution < -0.4 is 5.32 Å². The van der Waals surface area contributed by atoms with Gasteiger partial charge in [0.2, 0.25) is 0 Å². The van der Waals surface area contributed by atoms with Crippen LogP contribution in [0.2, 0.25) is 5.02 Å². The molecule has 21 heavy (non-hydrogen) atoms. The summed E-state index contributed by atoms with van der Waals surface area (Å²) >= 11 is 7.26. The number of nitrogens with zero attached hydrogens (tertiary/aromatic N) is 1. The lowest BCUT2D eigenvalue weighted by molar-refractivity contribution is -0.384. The molecule has 1 aromatic rings. The molecule has 0 aromatic heterocycles. The molecule has 0 bridgehead atoms. The van der Waals surface area contributed by atoms with E-state index < -0.39 is 28.5 Å². The first-order chi connectivity index (χ1) is 9.88. The van der Waals surface area contributed by atoms with Gasteiger partial charge in [-0.25, -0.2) is 4.79 Å². The molecule has 0 radical (unpaired) electrons. The standard InChI is InChI=1S/C12H13ClN2O5S/c1-21-6-5-8(12(17)18)14-11(16)7-3-2-4-9(10(7)13)15(19)20/h2-4,8H,5-6H2,1H3,(H,14,16)(H,17,18). The Morgan fingerprint density at radius 1 is 1.52 bits per heavy atom. The highest BCUT2D eigenvalue weighted by Gasteiger charge is 2.24. The number of hydrogen-bond donors (Lipinski definition) is 2. The number of rotatable bonds is 7. The molecular weight excluding hydrogens is 320 g/mol. The van der Waals surface area contributed by atoms with E-state index >= 15 is 0 Å². The number of hydrogen-bond acceptors (Lipinski definition) is 5. The van der Waals surface area contributed by atoms with Gasteiger partial charge >= 0.3 is 5.97 Å². The van der Waals surface area contributed by atoms with Crippen molar-refractivity contribution in [3.63, 3.8) is 0 Å². The topological polar surface area (TPSA) is 110 Å². The van der Waals surface area contributed by atoms with Gasteiger partial charge in [0.15, 0.2) is 0 Å². The first kappa shape index (κ1) is 17.3. The molecule has 1 rings (SSSR count). The Morgan fingerprint density at radius 2 is 2.19 bits per heavy atom. The van der Waals surface area contributed by atoms with E-state index in [2.05, 4.69) is 5.32 Å². The number of benzene rings is 1. The monoisotopic (exact) mass is 332 g/mol. The number of carbonyl (C=O) groups excluding carboxylic acids is 1. The molecule has 1 atom stereocenters. The SMILES string of the molecule is CSCCC(NC(=O)c1cccc([N+](=O)[O-])c1Cl)C(=O)O. The van der Waals surface area contributed by atoms with Crippen molar-refractivity contribution in [3.05, 3.63) is 38.9 Å². The van der Waals surface area contributed by atoms with Crippen LogP contribution in [0.15, 0.2) is 18.2 Å². The van der Waals surface area contributed by atoms with Crippen molar-refractivity contribution in [3.8, 4) is 0 Å². The molecule has 114 valence electrons. The van der Waals surface area contributed by atoms with Crippen LogP contribution in [0.25, 0.3) is 0 Å². The molecule has 0 spiro atoms. The fourth-order valence-corrected chi connectivity index (χ4v) is 2.32. The van der Waals surface area contributed by atoms with Crippen LogP contribution in [0.1, 0.15) is 16.8 Å². The summed E-state index contributed by atoms with van der Waals surface area (Å²) in [5.74, 6) is -1.36. The molecule has 2 N–H and O–H groups in total. The van der Waals surface area contributed by atoms with E-state index in [0.717, 1.165) is 0 Å². The van der Waals surface area contributed by atoms with Crippen molar-refractivity contribution in [2.24, 2.45) is 0 Å². The van der Waals surface area contributed by atoms with Gasteiger partial charge in [0, 0.05) is 6.07 Å². The molecule has 0 aliphatic rings. The molecule has 1 aromatic carbocycles. The van der Waals surface area contributed by atoms with Gasteiger partial charge in [-0.1, -0.05) is 17.7 Å². The van der Waals surface area contributed by atoms with Crippen molar-refractivity contribution in [1.82, 2.24) is 5.32 Å². The zero-order valence-corrected chi connectivity index (χ0v) is 12.6. The molecule has 0 saturated heterocycles. The van der Waals surface area contributed by atoms with Gasteiger partial charge in [0.25, 0.3) is 11.6 Å². The summed E-state index contributed by atoms with van der Waals surface area (Å²) in [6.45, 7) is 0. The molecule has 0 heterocycles. The minimum atomic E-state index is -1.17. The Kier molecular flexibility index (Phi) is 6.44. The maximum absolute atomic E-state index is 12.0. The first-order valence-corrected chi connectivity index (χ1v) is 7.61. The number of carbonyl (C=O) groups is 2. The van der Waals surface area contributed by atoms with Gasteiger partial charge in [-0.2, -0.15) is 11.8 Å². The zero-order chi connectivity index (χ0) is 16.0. The Labute approximate surface area is 129 Å². The summed E-state index contributed by atoms with van der Waals surface area (Å²) in [6, 6.07) is 2.72. The minimum Gasteiger partial charge on any atom is -0.480 e. The number of halogens is 1. The largest absolute Gasteiger partial charge is 0.480 e. The second-order valence-corrected chi connectivity index (χ2v) is 5.41. The third-order valence-electron chi connectivity index (χ3n) is 2.63. The number of nitrogens with one attached hydrogen (secondary N) is 1. The van der Waals surface area contributed by atoms with Gasteiger partial charge in [0.1, 0.15) is 11.1 Å². The van der Waals surface area contributed by atoms with Crippen LogP contribution in [0, 0.1) is 10.1 Å². The lowest BCUT2D eigenvalue weighted by Crippen LogP contribution is -2.41. The van der Waals surface area contributed by atoms with Gasteiger partial charge < -0.3 is 10.4 Å². The normalized spacial score (nSPS) is 11.7. The van der Waals surface area contributed by atoms with E-state index in [9.17, 15) is 19.7 Å². The number of carboxylic acids is 1. The summed E-state index contributed by atoms with van der Waals surface area (Å²) in [4.78, 5) is 33.2. The smallest absolute Gasteiger partial charge is 0.326 e. The van der Waals surface area contributed by atoms with Crippen molar-refractivity contribution < 1.29 is 19.6 Å². The Morgan fingerprint density at radius 3 is 2.71 bits per heavy atom. The van der Waals surface area contributed by atoms with E-state index in [-0.39, 0.29) is 17.0 Å². The fourth-order valence-electron chi connectivity index (χ4n) is 1.57. The molecule has 0 aliphatic carbocycles. The van der Waals surface area contributed by atoms with Gasteiger partial charge in [-0.05, 0) is 24.5 Å². The van der Waals surface area contributed by atoms with Crippen molar-refractivity contribution in [2.45, 2.75) is 12.5 Å². The van der Waals surface area contributed by atoms with E-state index in [4.69, 9.17) is 16.7 Å². The van der Waals surface area contributed by atoms with Gasteiger partial charge in [-0.3, -0.25) is 14.9 Å². The molecule has 7 nitrogen and oxygen atoms in total. The summed E-state index contributed by atoms with van der Waals surface area (Å²) in [5, 5.41) is 21.8. The molecule has 0 aliphatic heterocycles. The Bertz CT molecular complexity index is 567. The van der Waals surface area contributed by atoms with Crippen LogP contribution in [0.5, 0.6) is 0 Å². The molecular formula is C12H13ClN2O5S. The highest BCUT2D eigenvalue weighted by molar-refractivity contribution is 7.98. The number of nitro benzene ring substituents is 1. The second kappa shape index (κ2) is 7.84. The molecule has 9 heteroatoms. The Balaban J connectivity index is 2.95. The molecule has 1 unspecified atom stereocenters. The zero-order valence-electron chi connectivity index (χ0n) is 11.0. The highest BCUT2D eigenvalue weighted by atomic mass is 35.5. The third-order valence-corrected chi connectivity index (χ3v) is 3.67. The van der Waals surface area contributed by atoms with Crippen LogP contribution in [0.3, 0.4) is 0 Å². The quantitative estimate of drug-likeness (QED) is 0.585. The minimum absolute atomic E-state index is 0.124. The fraction of sp³-hybridized carbons (Fsp3) is 0.333. The number of thioether (sulfide) groups is 1. The molecule has 0 saturated carbocycles. The maximum Gasteiger partial charge on any atom is 0.326 e. The van der Waals surface area contributed by atoms with E-state index in [1.54, 1.807) is 0 Å². The van der Waals surface area contributed by atoms with Crippen molar-refractivity contribution in [2.75, 3.05) is 12.0 Å². The van der Waals surface area contributed by atoms with Gasteiger partial charge in [0.05, 0.1) is 10.5 Å². The predicted octanol–water partition coefficient (Wildman–Crippen LogP) is 2.18. The lowest BCUT2D eigenvalue weighted by Gasteiger charge is -2.14. The number of nitro groups is 1. The van der Waals surface area contributed by atoms with E-state index in [0.29, 0.717) is 5.75 Å². The van der Waals surface area contributed by atoms with Crippen LogP contribution in [-0.2, 0) is 4.79 Å². The van der Waals surface area contributed by atoms with E-state index in [1.165, 1.54) is 30.0 Å². The van der Waals surface area contributed by atoms with E-state index in [1.807, 2.05) is 6.26 Å². The molecule has 0 fully saturated rings. The van der Waals surface area contributed by atoms with Crippen molar-refractivity contribution in [1.29, 1.82) is 0 Å². The average molecular weight is 333 g/mol. The van der Waals surface area contributed by atoms with Crippen molar-refractivity contribution >= 4 is 40.9 Å². The van der Waals surface area contributed by atoms with Gasteiger partial charge in [-0.15, -0.1) is 0 Å². The highest BCUT2D eigenvalue weighted by Crippen LogP contribution is 2.27. The van der Waals surface area contributed by atoms with Crippen LogP contribution in [0.4, 0.5) is 5.69 Å². The van der Waals surface area contributed by atoms with Crippen LogP contribution in [-0.4, -0.2) is 40.0 Å². The summed E-state index contributed by atoms with van der Waals surface area (Å²) in [6.07, 6.45) is 2.06. The summed E-state index contributed by atoms with van der Waals surface area (Å²) in [7, 11) is 0. The average Bonchev–Trinajstić information content (AvgIpc) is 2.42. The third kappa shape index (κ3) is 4.61. The number of carboxylic acid groups (broad SMARTS) is 1. The maximum atomic E-state index is 12.0. The summed E-state index contributed by atoms with van der Waals surface area (Å²) in [5.41, 5.74) is -0.526. The summed E-state index contributed by atoms with van der Waals surface area (Å²) < 4.78 is 0. The molecule has 1 amide bonds. The Hall–Kier alpha value is -1.80.